The lowest BCUT2D eigenvalue weighted by molar-refractivity contribution is 0.0333. The predicted molar refractivity (Wildman–Crippen MR) is 62.3 cm³/mol. The molecule has 0 amide bonds. The van der Waals surface area contributed by atoms with E-state index in [0.29, 0.717) is 5.75 Å². The Kier molecular flexibility index (Phi) is 2.66. The van der Waals surface area contributed by atoms with E-state index in [1.165, 1.54) is 0 Å². The Morgan fingerprint density at radius 2 is 2.06 bits per heavy atom. The van der Waals surface area contributed by atoms with Crippen molar-refractivity contribution in [1.29, 1.82) is 0 Å². The lowest BCUT2D eigenvalue weighted by Crippen LogP contribution is -2.23. The van der Waals surface area contributed by atoms with Crippen LogP contribution in [0, 0.1) is 5.41 Å². The number of hydrogen-bond acceptors (Lipinski definition) is 3. The molecule has 0 bridgehead atoms. The number of pyridine rings is 1. The van der Waals surface area contributed by atoms with Crippen LogP contribution in [0.5, 0.6) is 5.75 Å². The summed E-state index contributed by atoms with van der Waals surface area (Å²) in [6.07, 6.45) is 6.03. The van der Waals surface area contributed by atoms with Gasteiger partial charge in [-0.1, -0.05) is 13.8 Å². The molecule has 0 spiro atoms. The van der Waals surface area contributed by atoms with Gasteiger partial charge in [0.05, 0.1) is 18.9 Å². The van der Waals surface area contributed by atoms with E-state index in [4.69, 9.17) is 4.74 Å². The molecule has 88 valence electrons. The minimum atomic E-state index is -0.731. The van der Waals surface area contributed by atoms with Crippen molar-refractivity contribution in [3.05, 3.63) is 24.0 Å². The van der Waals surface area contributed by atoms with Gasteiger partial charge in [-0.25, -0.2) is 0 Å². The molecule has 2 rings (SSSR count). The first kappa shape index (κ1) is 11.4. The number of hydrogen-bond donors (Lipinski definition) is 1. The minimum Gasteiger partial charge on any atom is -0.495 e. The summed E-state index contributed by atoms with van der Waals surface area (Å²) >= 11 is 0. The third kappa shape index (κ3) is 2.05. The van der Waals surface area contributed by atoms with E-state index in [-0.39, 0.29) is 5.41 Å². The molecule has 1 saturated carbocycles. The quantitative estimate of drug-likeness (QED) is 0.834. The van der Waals surface area contributed by atoms with Crippen LogP contribution in [0.1, 0.15) is 38.7 Å². The van der Waals surface area contributed by atoms with E-state index in [2.05, 4.69) is 18.8 Å². The molecule has 16 heavy (non-hydrogen) atoms. The molecule has 0 radical (unpaired) electrons. The summed E-state index contributed by atoms with van der Waals surface area (Å²) in [6, 6.07) is 1.88. The fourth-order valence-electron chi connectivity index (χ4n) is 2.54. The number of ether oxygens (including phenoxy) is 1. The standard InChI is InChI=1S/C13H19NO2/c1-12(2)4-5-13(15,9-12)10-6-11(16-3)8-14-7-10/h6-8,15H,4-5,9H2,1-3H3. The van der Waals surface area contributed by atoms with Crippen molar-refractivity contribution in [3.63, 3.8) is 0 Å². The topological polar surface area (TPSA) is 42.4 Å². The van der Waals surface area contributed by atoms with Gasteiger partial charge in [-0.15, -0.1) is 0 Å². The first-order chi connectivity index (χ1) is 7.45. The molecule has 1 aliphatic carbocycles. The molecule has 0 aromatic carbocycles. The highest BCUT2D eigenvalue weighted by Gasteiger charge is 2.43. The third-order valence-electron chi connectivity index (χ3n) is 3.47. The Hall–Kier alpha value is -1.09. The van der Waals surface area contributed by atoms with Crippen LogP contribution in [0.25, 0.3) is 0 Å². The lowest BCUT2D eigenvalue weighted by atomic mass is 9.86. The predicted octanol–water partition coefficient (Wildman–Crippen LogP) is 2.49. The van der Waals surface area contributed by atoms with Gasteiger partial charge in [0.25, 0.3) is 0 Å². The van der Waals surface area contributed by atoms with Gasteiger partial charge in [0.1, 0.15) is 5.75 Å². The van der Waals surface area contributed by atoms with Crippen molar-refractivity contribution in [2.24, 2.45) is 5.41 Å². The molecule has 1 fully saturated rings. The number of nitrogens with zero attached hydrogens (tertiary/aromatic N) is 1. The summed E-state index contributed by atoms with van der Waals surface area (Å²) in [7, 11) is 1.61. The summed E-state index contributed by atoms with van der Waals surface area (Å²) in [4.78, 5) is 4.11. The van der Waals surface area contributed by atoms with Crippen LogP contribution in [0.3, 0.4) is 0 Å². The molecule has 1 aliphatic rings. The van der Waals surface area contributed by atoms with Gasteiger partial charge in [-0.2, -0.15) is 0 Å². The highest BCUT2D eigenvalue weighted by Crippen LogP contribution is 2.48. The van der Waals surface area contributed by atoms with E-state index >= 15 is 0 Å². The molecular formula is C13H19NO2. The van der Waals surface area contributed by atoms with Crippen molar-refractivity contribution < 1.29 is 9.84 Å². The Balaban J connectivity index is 2.30. The van der Waals surface area contributed by atoms with E-state index in [9.17, 15) is 5.11 Å². The zero-order valence-electron chi connectivity index (χ0n) is 10.2. The first-order valence-electron chi connectivity index (χ1n) is 5.67. The average molecular weight is 221 g/mol. The van der Waals surface area contributed by atoms with Crippen molar-refractivity contribution in [3.8, 4) is 5.75 Å². The maximum absolute atomic E-state index is 10.6. The van der Waals surface area contributed by atoms with Crippen LogP contribution in [-0.2, 0) is 5.60 Å². The maximum atomic E-state index is 10.6. The van der Waals surface area contributed by atoms with Crippen LogP contribution in [-0.4, -0.2) is 17.2 Å². The molecule has 3 heteroatoms. The first-order valence-corrected chi connectivity index (χ1v) is 5.67. The number of aliphatic hydroxyl groups is 1. The van der Waals surface area contributed by atoms with Crippen LogP contribution in [0.2, 0.25) is 0 Å². The summed E-state index contributed by atoms with van der Waals surface area (Å²) in [5, 5.41) is 10.6. The zero-order chi connectivity index (χ0) is 11.8. The monoisotopic (exact) mass is 221 g/mol. The zero-order valence-corrected chi connectivity index (χ0v) is 10.2. The summed E-state index contributed by atoms with van der Waals surface area (Å²) in [5.74, 6) is 0.704. The van der Waals surface area contributed by atoms with Gasteiger partial charge in [0.2, 0.25) is 0 Å². The number of aromatic nitrogens is 1. The minimum absolute atomic E-state index is 0.206. The van der Waals surface area contributed by atoms with E-state index in [1.807, 2.05) is 6.07 Å². The van der Waals surface area contributed by atoms with Crippen molar-refractivity contribution in [1.82, 2.24) is 4.98 Å². The molecule has 1 heterocycles. The van der Waals surface area contributed by atoms with Gasteiger partial charge < -0.3 is 9.84 Å². The van der Waals surface area contributed by atoms with Gasteiger partial charge in [0.15, 0.2) is 0 Å². The van der Waals surface area contributed by atoms with Crippen LogP contribution >= 0.6 is 0 Å². The Morgan fingerprint density at radius 3 is 2.62 bits per heavy atom. The number of rotatable bonds is 2. The van der Waals surface area contributed by atoms with E-state index in [1.54, 1.807) is 19.5 Å². The van der Waals surface area contributed by atoms with E-state index < -0.39 is 5.60 Å². The highest BCUT2D eigenvalue weighted by atomic mass is 16.5. The molecule has 3 nitrogen and oxygen atoms in total. The largest absolute Gasteiger partial charge is 0.495 e. The molecule has 0 aliphatic heterocycles. The Morgan fingerprint density at radius 1 is 1.31 bits per heavy atom. The molecule has 1 unspecified atom stereocenters. The van der Waals surface area contributed by atoms with E-state index in [0.717, 1.165) is 24.8 Å². The molecule has 1 aromatic heterocycles. The number of methoxy groups -OCH3 is 1. The highest BCUT2D eigenvalue weighted by molar-refractivity contribution is 5.29. The van der Waals surface area contributed by atoms with Gasteiger partial charge in [0, 0.05) is 11.8 Å². The van der Waals surface area contributed by atoms with Crippen molar-refractivity contribution in [2.75, 3.05) is 7.11 Å². The molecular weight excluding hydrogens is 202 g/mol. The Labute approximate surface area is 96.5 Å². The third-order valence-corrected chi connectivity index (χ3v) is 3.47. The molecule has 1 atom stereocenters. The lowest BCUT2D eigenvalue weighted by Gasteiger charge is -2.25. The normalized spacial score (nSPS) is 28.0. The van der Waals surface area contributed by atoms with Crippen molar-refractivity contribution >= 4 is 0 Å². The second-order valence-electron chi connectivity index (χ2n) is 5.49. The SMILES string of the molecule is COc1cncc(C2(O)CCC(C)(C)C2)c1. The molecule has 0 saturated heterocycles. The summed E-state index contributed by atoms with van der Waals surface area (Å²) < 4.78 is 5.14. The van der Waals surface area contributed by atoms with Gasteiger partial charge in [-0.3, -0.25) is 4.98 Å². The van der Waals surface area contributed by atoms with Crippen LogP contribution in [0.15, 0.2) is 18.5 Å². The smallest absolute Gasteiger partial charge is 0.137 e. The summed E-state index contributed by atoms with van der Waals surface area (Å²) in [6.45, 7) is 4.39. The fourth-order valence-corrected chi connectivity index (χ4v) is 2.54. The van der Waals surface area contributed by atoms with Crippen LogP contribution < -0.4 is 4.74 Å². The maximum Gasteiger partial charge on any atom is 0.137 e. The van der Waals surface area contributed by atoms with Crippen LogP contribution in [0.4, 0.5) is 0 Å². The molecule has 1 N–H and O–H groups in total. The van der Waals surface area contributed by atoms with Gasteiger partial charge in [-0.05, 0) is 30.7 Å². The molecule has 1 aromatic rings. The average Bonchev–Trinajstić information content (AvgIpc) is 2.55. The second kappa shape index (κ2) is 3.74. The van der Waals surface area contributed by atoms with Gasteiger partial charge >= 0.3 is 0 Å². The Bertz CT molecular complexity index is 389. The fraction of sp³-hybridized carbons (Fsp3) is 0.615. The van der Waals surface area contributed by atoms with Crippen molar-refractivity contribution in [2.45, 2.75) is 38.7 Å². The second-order valence-corrected chi connectivity index (χ2v) is 5.49. The summed E-state index contributed by atoms with van der Waals surface area (Å²) in [5.41, 5.74) is 0.348.